The highest BCUT2D eigenvalue weighted by molar-refractivity contribution is 5.01. The second kappa shape index (κ2) is 5.56. The zero-order chi connectivity index (χ0) is 13.2. The van der Waals surface area contributed by atoms with Crippen LogP contribution in [0.25, 0.3) is 0 Å². The van der Waals surface area contributed by atoms with E-state index in [-0.39, 0.29) is 12.1 Å². The molecule has 6 heteroatoms. The summed E-state index contributed by atoms with van der Waals surface area (Å²) < 4.78 is 5.46. The number of nitrogens with zero attached hydrogens (tertiary/aromatic N) is 4. The zero-order valence-corrected chi connectivity index (χ0v) is 11.8. The Morgan fingerprint density at radius 1 is 1.26 bits per heavy atom. The van der Waals surface area contributed by atoms with Crippen molar-refractivity contribution in [3.05, 3.63) is 11.7 Å². The highest BCUT2D eigenvalue weighted by atomic mass is 16.5. The van der Waals surface area contributed by atoms with E-state index in [4.69, 9.17) is 4.52 Å². The van der Waals surface area contributed by atoms with Crippen molar-refractivity contribution >= 4 is 0 Å². The van der Waals surface area contributed by atoms with Crippen LogP contribution in [0, 0.1) is 0 Å². The number of hydrogen-bond donors (Lipinski definition) is 1. The van der Waals surface area contributed by atoms with Gasteiger partial charge in [0.05, 0.1) is 12.1 Å². The Labute approximate surface area is 114 Å². The minimum absolute atomic E-state index is 0.242. The summed E-state index contributed by atoms with van der Waals surface area (Å²) in [6.45, 7) is 4.23. The Morgan fingerprint density at radius 2 is 2.16 bits per heavy atom. The number of nitrogens with one attached hydrogen (secondary N) is 1. The molecule has 2 atom stereocenters. The van der Waals surface area contributed by atoms with Gasteiger partial charge < -0.3 is 14.7 Å². The Bertz CT molecular complexity index is 415. The summed E-state index contributed by atoms with van der Waals surface area (Å²) in [6, 6.07) is 0.501. The van der Waals surface area contributed by atoms with E-state index in [0.717, 1.165) is 44.3 Å². The summed E-state index contributed by atoms with van der Waals surface area (Å²) >= 11 is 0. The average Bonchev–Trinajstić information content (AvgIpc) is 3.03. The Hall–Kier alpha value is -0.980. The van der Waals surface area contributed by atoms with Crippen LogP contribution in [0.5, 0.6) is 0 Å². The fraction of sp³-hybridized carbons (Fsp3) is 0.846. The molecule has 3 rings (SSSR count). The lowest BCUT2D eigenvalue weighted by Crippen LogP contribution is -2.31. The zero-order valence-electron chi connectivity index (χ0n) is 11.8. The van der Waals surface area contributed by atoms with Crippen molar-refractivity contribution in [3.63, 3.8) is 0 Å². The summed E-state index contributed by atoms with van der Waals surface area (Å²) in [5.41, 5.74) is 0. The molecule has 0 saturated carbocycles. The van der Waals surface area contributed by atoms with Crippen molar-refractivity contribution in [3.8, 4) is 0 Å². The third-order valence-electron chi connectivity index (χ3n) is 4.18. The van der Waals surface area contributed by atoms with Crippen LogP contribution in [0.1, 0.15) is 43.1 Å². The molecule has 19 heavy (non-hydrogen) atoms. The first-order chi connectivity index (χ1) is 9.24. The Balaban J connectivity index is 1.76. The largest absolute Gasteiger partial charge is 0.338 e. The molecule has 2 fully saturated rings. The first-order valence-corrected chi connectivity index (χ1v) is 7.19. The number of likely N-dealkylation sites (N-methyl/N-ethyl adjacent to an activating group) is 2. The third-order valence-corrected chi connectivity index (χ3v) is 4.18. The summed E-state index contributed by atoms with van der Waals surface area (Å²) in [4.78, 5) is 9.31. The van der Waals surface area contributed by atoms with Crippen LogP contribution < -0.4 is 5.32 Å². The molecule has 2 aliphatic rings. The van der Waals surface area contributed by atoms with E-state index in [1.165, 1.54) is 12.8 Å². The van der Waals surface area contributed by atoms with Gasteiger partial charge in [0.25, 0.3) is 0 Å². The van der Waals surface area contributed by atoms with Crippen molar-refractivity contribution < 1.29 is 4.52 Å². The van der Waals surface area contributed by atoms with Crippen LogP contribution in [0.15, 0.2) is 4.52 Å². The lowest BCUT2D eigenvalue weighted by atomic mass is 10.2. The van der Waals surface area contributed by atoms with Gasteiger partial charge in [0.2, 0.25) is 5.89 Å². The molecule has 1 N–H and O–H groups in total. The fourth-order valence-electron chi connectivity index (χ4n) is 2.97. The molecule has 6 nitrogen and oxygen atoms in total. The van der Waals surface area contributed by atoms with E-state index in [0.29, 0.717) is 0 Å². The molecule has 0 aromatic carbocycles. The van der Waals surface area contributed by atoms with Gasteiger partial charge >= 0.3 is 0 Å². The summed E-state index contributed by atoms with van der Waals surface area (Å²) in [6.07, 6.45) is 3.48. The molecule has 0 bridgehead atoms. The van der Waals surface area contributed by atoms with Crippen molar-refractivity contribution in [2.75, 3.05) is 40.3 Å². The number of aromatic nitrogens is 2. The Morgan fingerprint density at radius 3 is 2.95 bits per heavy atom. The summed E-state index contributed by atoms with van der Waals surface area (Å²) in [5, 5.41) is 7.62. The number of hydrogen-bond acceptors (Lipinski definition) is 6. The van der Waals surface area contributed by atoms with E-state index >= 15 is 0 Å². The molecule has 0 spiro atoms. The molecule has 0 amide bonds. The predicted molar refractivity (Wildman–Crippen MR) is 71.8 cm³/mol. The molecule has 1 aromatic rings. The normalized spacial score (nSPS) is 30.6. The van der Waals surface area contributed by atoms with Gasteiger partial charge in [-0.15, -0.1) is 0 Å². The molecule has 3 heterocycles. The SMILES string of the molecule is CN1CCCN(C)C(c2noc(C3CCCN3)n2)C1. The summed E-state index contributed by atoms with van der Waals surface area (Å²) in [5.74, 6) is 1.59. The fourth-order valence-corrected chi connectivity index (χ4v) is 2.97. The first kappa shape index (κ1) is 13.0. The standard InChI is InChI=1S/C13H23N5O/c1-17-7-4-8-18(2)11(9-17)12-15-13(19-16-12)10-5-3-6-14-10/h10-11,14H,3-9H2,1-2H3. The van der Waals surface area contributed by atoms with Gasteiger partial charge in [-0.2, -0.15) is 4.98 Å². The van der Waals surface area contributed by atoms with Crippen LogP contribution in [-0.2, 0) is 0 Å². The van der Waals surface area contributed by atoms with Crippen molar-refractivity contribution in [2.45, 2.75) is 31.3 Å². The van der Waals surface area contributed by atoms with Crippen molar-refractivity contribution in [1.29, 1.82) is 0 Å². The monoisotopic (exact) mass is 265 g/mol. The first-order valence-electron chi connectivity index (χ1n) is 7.19. The van der Waals surface area contributed by atoms with Crippen LogP contribution >= 0.6 is 0 Å². The van der Waals surface area contributed by atoms with Gasteiger partial charge in [-0.1, -0.05) is 5.16 Å². The van der Waals surface area contributed by atoms with Crippen molar-refractivity contribution in [1.82, 2.24) is 25.3 Å². The molecular formula is C13H23N5O. The van der Waals surface area contributed by atoms with Gasteiger partial charge in [-0.05, 0) is 53.0 Å². The molecule has 0 aliphatic carbocycles. The lowest BCUT2D eigenvalue weighted by Gasteiger charge is -2.24. The van der Waals surface area contributed by atoms with Gasteiger partial charge in [0.15, 0.2) is 5.82 Å². The lowest BCUT2D eigenvalue weighted by molar-refractivity contribution is 0.214. The Kier molecular flexibility index (Phi) is 3.81. The quantitative estimate of drug-likeness (QED) is 0.853. The highest BCUT2D eigenvalue weighted by Crippen LogP contribution is 2.25. The van der Waals surface area contributed by atoms with E-state index in [9.17, 15) is 0 Å². The van der Waals surface area contributed by atoms with E-state index in [2.05, 4.69) is 39.4 Å². The molecule has 2 aliphatic heterocycles. The van der Waals surface area contributed by atoms with E-state index in [1.807, 2.05) is 0 Å². The van der Waals surface area contributed by atoms with E-state index < -0.39 is 0 Å². The minimum Gasteiger partial charge on any atom is -0.338 e. The molecule has 2 unspecified atom stereocenters. The molecule has 106 valence electrons. The van der Waals surface area contributed by atoms with E-state index in [1.54, 1.807) is 0 Å². The predicted octanol–water partition coefficient (Wildman–Crippen LogP) is 0.802. The minimum atomic E-state index is 0.242. The molecule has 1 aromatic heterocycles. The van der Waals surface area contributed by atoms with Gasteiger partial charge in [-0.3, -0.25) is 4.90 Å². The maximum absolute atomic E-state index is 5.46. The second-order valence-electron chi connectivity index (χ2n) is 5.75. The smallest absolute Gasteiger partial charge is 0.243 e. The van der Waals surface area contributed by atoms with Gasteiger partial charge in [-0.25, -0.2) is 0 Å². The highest BCUT2D eigenvalue weighted by Gasteiger charge is 2.29. The average molecular weight is 265 g/mol. The number of rotatable bonds is 2. The van der Waals surface area contributed by atoms with Gasteiger partial charge in [0, 0.05) is 6.54 Å². The molecular weight excluding hydrogens is 242 g/mol. The van der Waals surface area contributed by atoms with Crippen molar-refractivity contribution in [2.24, 2.45) is 0 Å². The third kappa shape index (κ3) is 2.80. The van der Waals surface area contributed by atoms with Gasteiger partial charge in [0.1, 0.15) is 0 Å². The van der Waals surface area contributed by atoms with Crippen LogP contribution in [0.3, 0.4) is 0 Å². The van der Waals surface area contributed by atoms with Crippen LogP contribution in [-0.4, -0.2) is 60.2 Å². The molecule has 0 radical (unpaired) electrons. The molecule has 2 saturated heterocycles. The second-order valence-corrected chi connectivity index (χ2v) is 5.75. The summed E-state index contributed by atoms with van der Waals surface area (Å²) in [7, 11) is 4.30. The maximum Gasteiger partial charge on any atom is 0.243 e. The van der Waals surface area contributed by atoms with Crippen LogP contribution in [0.4, 0.5) is 0 Å². The topological polar surface area (TPSA) is 57.4 Å². The van der Waals surface area contributed by atoms with Crippen LogP contribution in [0.2, 0.25) is 0 Å². The maximum atomic E-state index is 5.46.